The van der Waals surface area contributed by atoms with Crippen molar-refractivity contribution < 1.29 is 4.52 Å². The molecule has 0 bridgehead atoms. The fraction of sp³-hybridized carbons (Fsp3) is 0.462. The first-order valence-corrected chi connectivity index (χ1v) is 6.47. The van der Waals surface area contributed by atoms with Gasteiger partial charge in [-0.15, -0.1) is 12.4 Å². The third kappa shape index (κ3) is 2.79. The van der Waals surface area contributed by atoms with Crippen molar-refractivity contribution in [1.29, 1.82) is 0 Å². The van der Waals surface area contributed by atoms with Crippen LogP contribution in [0.4, 0.5) is 0 Å². The maximum atomic E-state index is 5.92. The standard InChI is InChI=1S/C13H15ClN2O.ClH/c14-10-4-5-11-12(15-17-13(11)8-10)9-16-6-2-1-3-7-16;/h4-5,8H,1-3,6-7,9H2;1H. The molecule has 0 spiro atoms. The van der Waals surface area contributed by atoms with Gasteiger partial charge in [0.1, 0.15) is 5.69 Å². The van der Waals surface area contributed by atoms with E-state index < -0.39 is 0 Å². The number of rotatable bonds is 2. The predicted octanol–water partition coefficient (Wildman–Crippen LogP) is 3.89. The highest BCUT2D eigenvalue weighted by Crippen LogP contribution is 2.24. The lowest BCUT2D eigenvalue weighted by molar-refractivity contribution is 0.216. The predicted molar refractivity (Wildman–Crippen MR) is 75.4 cm³/mol. The van der Waals surface area contributed by atoms with Crippen LogP contribution in [0, 0.1) is 0 Å². The third-order valence-electron chi connectivity index (χ3n) is 3.33. The van der Waals surface area contributed by atoms with Gasteiger partial charge in [-0.3, -0.25) is 4.90 Å². The molecule has 1 aromatic carbocycles. The minimum absolute atomic E-state index is 0. The second-order valence-electron chi connectivity index (χ2n) is 4.61. The van der Waals surface area contributed by atoms with E-state index in [1.807, 2.05) is 18.2 Å². The van der Waals surface area contributed by atoms with Gasteiger partial charge in [0, 0.05) is 23.0 Å². The fourth-order valence-electron chi connectivity index (χ4n) is 2.41. The zero-order valence-electron chi connectivity index (χ0n) is 10.1. The molecule has 2 aromatic rings. The van der Waals surface area contributed by atoms with Crippen molar-refractivity contribution in [2.75, 3.05) is 13.1 Å². The first-order valence-electron chi connectivity index (χ1n) is 6.09. The summed E-state index contributed by atoms with van der Waals surface area (Å²) in [7, 11) is 0. The normalized spacial score (nSPS) is 16.7. The molecule has 0 aliphatic carbocycles. The molecule has 1 aromatic heterocycles. The van der Waals surface area contributed by atoms with Gasteiger partial charge in [-0.2, -0.15) is 0 Å². The molecule has 0 atom stereocenters. The van der Waals surface area contributed by atoms with Crippen LogP contribution in [0.25, 0.3) is 11.0 Å². The number of benzene rings is 1. The Morgan fingerprint density at radius 3 is 2.78 bits per heavy atom. The quantitative estimate of drug-likeness (QED) is 0.839. The summed E-state index contributed by atoms with van der Waals surface area (Å²) in [5, 5.41) is 5.93. The molecular formula is C13H16Cl2N2O. The topological polar surface area (TPSA) is 29.3 Å². The lowest BCUT2D eigenvalue weighted by atomic mass is 10.1. The molecule has 0 saturated carbocycles. The summed E-state index contributed by atoms with van der Waals surface area (Å²) in [5.41, 5.74) is 1.81. The number of hydrogen-bond acceptors (Lipinski definition) is 3. The third-order valence-corrected chi connectivity index (χ3v) is 3.57. The van der Waals surface area contributed by atoms with Gasteiger partial charge in [0.05, 0.1) is 0 Å². The van der Waals surface area contributed by atoms with Crippen LogP contribution in [0.3, 0.4) is 0 Å². The molecule has 2 heterocycles. The van der Waals surface area contributed by atoms with Crippen molar-refractivity contribution in [2.45, 2.75) is 25.8 Å². The summed E-state index contributed by atoms with van der Waals surface area (Å²) >= 11 is 5.92. The highest BCUT2D eigenvalue weighted by atomic mass is 35.5. The van der Waals surface area contributed by atoms with Crippen LogP contribution in [0.2, 0.25) is 5.02 Å². The summed E-state index contributed by atoms with van der Waals surface area (Å²) in [6.07, 6.45) is 3.94. The first kappa shape index (κ1) is 13.7. The number of fused-ring (bicyclic) bond motifs is 1. The summed E-state index contributed by atoms with van der Waals surface area (Å²) < 4.78 is 5.31. The van der Waals surface area contributed by atoms with Gasteiger partial charge in [0.25, 0.3) is 0 Å². The maximum Gasteiger partial charge on any atom is 0.168 e. The van der Waals surface area contributed by atoms with E-state index in [-0.39, 0.29) is 12.4 Å². The van der Waals surface area contributed by atoms with Crippen LogP contribution in [0.1, 0.15) is 25.0 Å². The van der Waals surface area contributed by atoms with E-state index in [0.717, 1.165) is 23.2 Å². The maximum absolute atomic E-state index is 5.92. The Labute approximate surface area is 117 Å². The average molecular weight is 287 g/mol. The van der Waals surface area contributed by atoms with Crippen molar-refractivity contribution in [3.05, 3.63) is 28.9 Å². The average Bonchev–Trinajstić information content (AvgIpc) is 2.73. The van der Waals surface area contributed by atoms with Crippen LogP contribution < -0.4 is 0 Å². The van der Waals surface area contributed by atoms with Crippen molar-refractivity contribution in [3.8, 4) is 0 Å². The molecule has 5 heteroatoms. The van der Waals surface area contributed by atoms with Gasteiger partial charge in [-0.05, 0) is 38.1 Å². The van der Waals surface area contributed by atoms with E-state index in [1.54, 1.807) is 0 Å². The van der Waals surface area contributed by atoms with E-state index >= 15 is 0 Å². The minimum atomic E-state index is 0. The Bertz CT molecular complexity index is 521. The van der Waals surface area contributed by atoms with Gasteiger partial charge in [0.15, 0.2) is 5.58 Å². The van der Waals surface area contributed by atoms with Crippen LogP contribution in [-0.2, 0) is 6.54 Å². The van der Waals surface area contributed by atoms with Gasteiger partial charge < -0.3 is 4.52 Å². The monoisotopic (exact) mass is 286 g/mol. The van der Waals surface area contributed by atoms with Crippen LogP contribution in [-0.4, -0.2) is 23.1 Å². The highest BCUT2D eigenvalue weighted by molar-refractivity contribution is 6.31. The summed E-state index contributed by atoms with van der Waals surface area (Å²) in [6.45, 7) is 3.22. The number of likely N-dealkylation sites (tertiary alicyclic amines) is 1. The van der Waals surface area contributed by atoms with E-state index in [2.05, 4.69) is 10.1 Å². The molecule has 0 radical (unpaired) electrons. The van der Waals surface area contributed by atoms with Crippen LogP contribution in [0.5, 0.6) is 0 Å². The zero-order chi connectivity index (χ0) is 11.7. The number of piperidine rings is 1. The Balaban J connectivity index is 0.00000120. The van der Waals surface area contributed by atoms with Crippen molar-refractivity contribution in [3.63, 3.8) is 0 Å². The second-order valence-corrected chi connectivity index (χ2v) is 5.04. The molecule has 98 valence electrons. The smallest absolute Gasteiger partial charge is 0.168 e. The van der Waals surface area contributed by atoms with E-state index in [9.17, 15) is 0 Å². The minimum Gasteiger partial charge on any atom is -0.356 e. The van der Waals surface area contributed by atoms with E-state index in [4.69, 9.17) is 16.1 Å². The van der Waals surface area contributed by atoms with Crippen molar-refractivity contribution >= 4 is 35.0 Å². The SMILES string of the molecule is Cl.Clc1ccc2c(CN3CCCCC3)noc2c1. The molecule has 18 heavy (non-hydrogen) atoms. The Kier molecular flexibility index (Phi) is 4.49. The molecule has 3 rings (SSSR count). The lowest BCUT2D eigenvalue weighted by Gasteiger charge is -2.25. The lowest BCUT2D eigenvalue weighted by Crippen LogP contribution is -2.29. The largest absolute Gasteiger partial charge is 0.356 e. The Morgan fingerprint density at radius 2 is 2.00 bits per heavy atom. The Hall–Kier alpha value is -0.770. The molecular weight excluding hydrogens is 271 g/mol. The van der Waals surface area contributed by atoms with E-state index in [0.29, 0.717) is 5.02 Å². The van der Waals surface area contributed by atoms with Crippen LogP contribution >= 0.6 is 24.0 Å². The molecule has 0 amide bonds. The molecule has 0 unspecified atom stereocenters. The number of halogens is 2. The number of hydrogen-bond donors (Lipinski definition) is 0. The van der Waals surface area contributed by atoms with Crippen molar-refractivity contribution in [1.82, 2.24) is 10.1 Å². The van der Waals surface area contributed by atoms with Crippen LogP contribution in [0.15, 0.2) is 22.7 Å². The molecule has 1 saturated heterocycles. The summed E-state index contributed by atoms with van der Waals surface area (Å²) in [5.74, 6) is 0. The molecule has 1 aliphatic heterocycles. The van der Waals surface area contributed by atoms with Gasteiger partial charge in [0.2, 0.25) is 0 Å². The van der Waals surface area contributed by atoms with Gasteiger partial charge in [-0.25, -0.2) is 0 Å². The number of aromatic nitrogens is 1. The van der Waals surface area contributed by atoms with E-state index in [1.165, 1.54) is 32.4 Å². The Morgan fingerprint density at radius 1 is 1.22 bits per heavy atom. The number of nitrogens with zero attached hydrogens (tertiary/aromatic N) is 2. The van der Waals surface area contributed by atoms with Crippen molar-refractivity contribution in [2.24, 2.45) is 0 Å². The summed E-state index contributed by atoms with van der Waals surface area (Å²) in [6, 6.07) is 5.71. The highest BCUT2D eigenvalue weighted by Gasteiger charge is 2.15. The molecule has 0 N–H and O–H groups in total. The van der Waals surface area contributed by atoms with Gasteiger partial charge in [-0.1, -0.05) is 23.2 Å². The first-order chi connectivity index (χ1) is 8.33. The summed E-state index contributed by atoms with van der Waals surface area (Å²) in [4.78, 5) is 2.44. The fourth-order valence-corrected chi connectivity index (χ4v) is 2.57. The second kappa shape index (κ2) is 5.91. The zero-order valence-corrected chi connectivity index (χ0v) is 11.6. The molecule has 1 aliphatic rings. The van der Waals surface area contributed by atoms with Gasteiger partial charge >= 0.3 is 0 Å². The molecule has 3 nitrogen and oxygen atoms in total. The molecule has 1 fully saturated rings.